The first-order valence-electron chi connectivity index (χ1n) is 8.66. The number of para-hydroxylation sites is 1. The van der Waals surface area contributed by atoms with E-state index in [1.807, 2.05) is 49.2 Å². The Labute approximate surface area is 152 Å². The van der Waals surface area contributed by atoms with Gasteiger partial charge in [-0.05, 0) is 43.7 Å². The predicted octanol–water partition coefficient (Wildman–Crippen LogP) is 2.90. The number of methoxy groups -OCH3 is 1. The van der Waals surface area contributed by atoms with Gasteiger partial charge >= 0.3 is 0 Å². The molecule has 2 aromatic rings. The van der Waals surface area contributed by atoms with Gasteiger partial charge in [0.15, 0.2) is 11.5 Å². The van der Waals surface area contributed by atoms with E-state index in [-0.39, 0.29) is 12.7 Å². The van der Waals surface area contributed by atoms with Crippen LogP contribution in [0.2, 0.25) is 0 Å². The first kappa shape index (κ1) is 16.7. The number of ether oxygens (including phenoxy) is 3. The number of rotatable bonds is 3. The average Bonchev–Trinajstić information content (AvgIpc) is 3.10. The Kier molecular flexibility index (Phi) is 4.20. The molecule has 0 fully saturated rings. The van der Waals surface area contributed by atoms with E-state index in [0.29, 0.717) is 17.2 Å². The molecule has 2 aliphatic heterocycles. The molecule has 0 aromatic heterocycles. The van der Waals surface area contributed by atoms with Crippen LogP contribution in [0.15, 0.2) is 30.3 Å². The average molecular weight is 354 g/mol. The molecule has 1 N–H and O–H groups in total. The minimum Gasteiger partial charge on any atom is -0.492 e. The van der Waals surface area contributed by atoms with Crippen LogP contribution in [0.5, 0.6) is 17.2 Å². The zero-order chi connectivity index (χ0) is 18.3. The van der Waals surface area contributed by atoms with Gasteiger partial charge in [-0.1, -0.05) is 18.2 Å². The largest absolute Gasteiger partial charge is 0.492 e. The lowest BCUT2D eigenvalue weighted by atomic mass is 9.90. The van der Waals surface area contributed by atoms with E-state index >= 15 is 0 Å². The molecule has 0 saturated carbocycles. The van der Waals surface area contributed by atoms with E-state index in [0.717, 1.165) is 35.3 Å². The molecule has 0 aliphatic carbocycles. The molecule has 2 aromatic carbocycles. The number of benzene rings is 2. The molecule has 26 heavy (non-hydrogen) atoms. The maximum atomic E-state index is 13.2. The highest BCUT2D eigenvalue weighted by molar-refractivity contribution is 5.97. The summed E-state index contributed by atoms with van der Waals surface area (Å²) in [6.07, 6.45) is 0.826. The second-order valence-electron chi connectivity index (χ2n) is 6.65. The summed E-state index contributed by atoms with van der Waals surface area (Å²) in [6, 6.07) is 9.28. The summed E-state index contributed by atoms with van der Waals surface area (Å²) in [5.41, 5.74) is 3.76. The monoisotopic (exact) mass is 354 g/mol. The van der Waals surface area contributed by atoms with Gasteiger partial charge in [0.2, 0.25) is 18.4 Å². The maximum Gasteiger partial charge on any atom is 0.246 e. The molecule has 1 atom stereocenters. The molecule has 0 bridgehead atoms. The topological polar surface area (TPSA) is 60.0 Å². The van der Waals surface area contributed by atoms with Gasteiger partial charge in [0.1, 0.15) is 6.04 Å². The Balaban J connectivity index is 1.76. The number of aryl methyl sites for hydroxylation is 1. The highest BCUT2D eigenvalue weighted by atomic mass is 16.7. The maximum absolute atomic E-state index is 13.2. The lowest BCUT2D eigenvalue weighted by molar-refractivity contribution is -0.121. The van der Waals surface area contributed by atoms with Crippen molar-refractivity contribution in [3.63, 3.8) is 0 Å². The summed E-state index contributed by atoms with van der Waals surface area (Å²) < 4.78 is 16.8. The van der Waals surface area contributed by atoms with Gasteiger partial charge in [-0.2, -0.15) is 0 Å². The van der Waals surface area contributed by atoms with E-state index in [2.05, 4.69) is 5.32 Å². The van der Waals surface area contributed by atoms with Gasteiger partial charge in [-0.15, -0.1) is 0 Å². The van der Waals surface area contributed by atoms with Crippen LogP contribution >= 0.6 is 0 Å². The van der Waals surface area contributed by atoms with Crippen molar-refractivity contribution >= 4 is 11.6 Å². The van der Waals surface area contributed by atoms with Crippen molar-refractivity contribution in [1.29, 1.82) is 0 Å². The molecule has 0 unspecified atom stereocenters. The number of hydrogen-bond acceptors (Lipinski definition) is 5. The molecule has 2 aliphatic rings. The van der Waals surface area contributed by atoms with E-state index < -0.39 is 6.04 Å². The molecule has 0 saturated heterocycles. The first-order chi connectivity index (χ1) is 12.6. The van der Waals surface area contributed by atoms with Gasteiger partial charge in [0.05, 0.1) is 7.11 Å². The third-order valence-corrected chi connectivity index (χ3v) is 5.05. The van der Waals surface area contributed by atoms with Crippen LogP contribution in [0, 0.1) is 6.92 Å². The van der Waals surface area contributed by atoms with Crippen molar-refractivity contribution in [2.45, 2.75) is 19.4 Å². The Morgan fingerprint density at radius 2 is 2.12 bits per heavy atom. The fraction of sp³-hybridized carbons (Fsp3) is 0.350. The molecule has 4 rings (SSSR count). The van der Waals surface area contributed by atoms with Gasteiger partial charge in [-0.3, -0.25) is 9.69 Å². The highest BCUT2D eigenvalue weighted by Crippen LogP contribution is 2.49. The van der Waals surface area contributed by atoms with E-state index in [9.17, 15) is 4.79 Å². The zero-order valence-corrected chi connectivity index (χ0v) is 15.2. The zero-order valence-electron chi connectivity index (χ0n) is 15.2. The molecule has 1 amide bonds. The molecule has 0 spiro atoms. The van der Waals surface area contributed by atoms with Gasteiger partial charge in [-0.25, -0.2) is 0 Å². The fourth-order valence-corrected chi connectivity index (χ4v) is 3.68. The minimum atomic E-state index is -0.456. The number of likely N-dealkylation sites (N-methyl/N-ethyl adjacent to an activating group) is 1. The predicted molar refractivity (Wildman–Crippen MR) is 98.0 cm³/mol. The Morgan fingerprint density at radius 3 is 2.88 bits per heavy atom. The van der Waals surface area contributed by atoms with Crippen LogP contribution in [0.3, 0.4) is 0 Å². The molecule has 0 radical (unpaired) electrons. The number of nitrogens with zero attached hydrogens (tertiary/aromatic N) is 1. The smallest absolute Gasteiger partial charge is 0.246 e. The standard InChI is InChI=1S/C20H22N2O4/c1-12-6-4-5-7-14(12)21-20(23)17-16-13(8-9-22(17)2)10-15-18(19(16)24-3)26-11-25-15/h4-7,10,17H,8-9,11H2,1-3H3,(H,21,23)/t17-/m0/s1. The quantitative estimate of drug-likeness (QED) is 0.918. The summed E-state index contributed by atoms with van der Waals surface area (Å²) in [7, 11) is 3.55. The second kappa shape index (κ2) is 6.53. The molecular formula is C20H22N2O4. The van der Waals surface area contributed by atoms with E-state index in [4.69, 9.17) is 14.2 Å². The Morgan fingerprint density at radius 1 is 1.31 bits per heavy atom. The summed E-state index contributed by atoms with van der Waals surface area (Å²) in [5.74, 6) is 1.77. The molecule has 6 heteroatoms. The number of carbonyl (C=O) groups excluding carboxylic acids is 1. The van der Waals surface area contributed by atoms with Crippen molar-refractivity contribution in [3.05, 3.63) is 47.0 Å². The third kappa shape index (κ3) is 2.66. The highest BCUT2D eigenvalue weighted by Gasteiger charge is 2.37. The fourth-order valence-electron chi connectivity index (χ4n) is 3.68. The number of nitrogens with one attached hydrogen (secondary N) is 1. The van der Waals surface area contributed by atoms with Crippen LogP contribution < -0.4 is 19.5 Å². The SMILES string of the molecule is COc1c2c(cc3c1[C@@H](C(=O)Nc1ccccc1C)N(C)CC3)OCO2. The van der Waals surface area contributed by atoms with Crippen LogP contribution in [-0.2, 0) is 11.2 Å². The summed E-state index contributed by atoms with van der Waals surface area (Å²) in [6.45, 7) is 2.93. The van der Waals surface area contributed by atoms with Crippen molar-refractivity contribution in [2.75, 3.05) is 32.8 Å². The summed E-state index contributed by atoms with van der Waals surface area (Å²) >= 11 is 0. The number of anilines is 1. The first-order valence-corrected chi connectivity index (χ1v) is 8.66. The minimum absolute atomic E-state index is 0.0834. The molecule has 136 valence electrons. The Bertz CT molecular complexity index is 865. The van der Waals surface area contributed by atoms with Crippen molar-refractivity contribution in [3.8, 4) is 17.2 Å². The third-order valence-electron chi connectivity index (χ3n) is 5.05. The van der Waals surface area contributed by atoms with Gasteiger partial charge in [0, 0.05) is 17.8 Å². The van der Waals surface area contributed by atoms with E-state index in [1.54, 1.807) is 7.11 Å². The lowest BCUT2D eigenvalue weighted by Crippen LogP contribution is -2.40. The molecular weight excluding hydrogens is 332 g/mol. The number of fused-ring (bicyclic) bond motifs is 2. The summed E-state index contributed by atoms with van der Waals surface area (Å²) in [5, 5.41) is 3.06. The molecule has 2 heterocycles. The van der Waals surface area contributed by atoms with Crippen molar-refractivity contribution in [1.82, 2.24) is 4.90 Å². The van der Waals surface area contributed by atoms with E-state index in [1.165, 1.54) is 0 Å². The number of amides is 1. The van der Waals surface area contributed by atoms with Crippen LogP contribution in [-0.4, -0.2) is 38.3 Å². The number of carbonyl (C=O) groups is 1. The normalized spacial score (nSPS) is 18.3. The Hall–Kier alpha value is -2.73. The number of hydrogen-bond donors (Lipinski definition) is 1. The van der Waals surface area contributed by atoms with Crippen molar-refractivity contribution in [2.24, 2.45) is 0 Å². The molecule has 6 nitrogen and oxygen atoms in total. The lowest BCUT2D eigenvalue weighted by Gasteiger charge is -2.34. The van der Waals surface area contributed by atoms with Gasteiger partial charge in [0.25, 0.3) is 0 Å². The van der Waals surface area contributed by atoms with Crippen molar-refractivity contribution < 1.29 is 19.0 Å². The second-order valence-corrected chi connectivity index (χ2v) is 6.65. The van der Waals surface area contributed by atoms with Gasteiger partial charge < -0.3 is 19.5 Å². The van der Waals surface area contributed by atoms with Crippen LogP contribution in [0.4, 0.5) is 5.69 Å². The summed E-state index contributed by atoms with van der Waals surface area (Å²) in [4.78, 5) is 15.2. The van der Waals surface area contributed by atoms with Crippen LogP contribution in [0.25, 0.3) is 0 Å². The van der Waals surface area contributed by atoms with Crippen LogP contribution in [0.1, 0.15) is 22.7 Å².